The molecule has 3 atom stereocenters. The lowest BCUT2D eigenvalue weighted by molar-refractivity contribution is 0.114. The maximum atomic E-state index is 13.7. The summed E-state index contributed by atoms with van der Waals surface area (Å²) in [7, 11) is 0. The molecule has 2 nitrogen and oxygen atoms in total. The molecule has 106 valence electrons. The zero-order chi connectivity index (χ0) is 13.8. The fourth-order valence-corrected chi connectivity index (χ4v) is 2.75. The van der Waals surface area contributed by atoms with Gasteiger partial charge in [-0.1, -0.05) is 25.3 Å². The number of nitrogens with one attached hydrogen (secondary N) is 1. The van der Waals surface area contributed by atoms with Gasteiger partial charge in [0, 0.05) is 23.7 Å². The Morgan fingerprint density at radius 2 is 1.95 bits per heavy atom. The first-order valence-electron chi connectivity index (χ1n) is 6.97. The number of hydrogen-bond donors (Lipinski definition) is 2. The Kier molecular flexibility index (Phi) is 4.88. The highest BCUT2D eigenvalue weighted by atomic mass is 19.1. The van der Waals surface area contributed by atoms with Crippen molar-refractivity contribution in [2.45, 2.75) is 57.2 Å². The average Bonchev–Trinajstić information content (AvgIpc) is 2.55. The van der Waals surface area contributed by atoms with Gasteiger partial charge in [0.15, 0.2) is 0 Å². The van der Waals surface area contributed by atoms with E-state index in [0.717, 1.165) is 38.2 Å². The minimum absolute atomic E-state index is 0.0121. The molecule has 4 heteroatoms. The summed E-state index contributed by atoms with van der Waals surface area (Å²) in [6.07, 6.45) is 4.55. The van der Waals surface area contributed by atoms with Gasteiger partial charge in [-0.3, -0.25) is 0 Å². The van der Waals surface area contributed by atoms with Gasteiger partial charge in [-0.2, -0.15) is 0 Å². The summed E-state index contributed by atoms with van der Waals surface area (Å²) in [5, 5.41) is 13.3. The first-order chi connectivity index (χ1) is 9.08. The second-order valence-corrected chi connectivity index (χ2v) is 5.37. The minimum atomic E-state index is -0.567. The topological polar surface area (TPSA) is 32.3 Å². The van der Waals surface area contributed by atoms with Crippen molar-refractivity contribution in [1.29, 1.82) is 0 Å². The third-order valence-electron chi connectivity index (χ3n) is 3.87. The van der Waals surface area contributed by atoms with Crippen LogP contribution in [0.4, 0.5) is 8.78 Å². The van der Waals surface area contributed by atoms with Crippen LogP contribution in [0, 0.1) is 11.6 Å². The second-order valence-electron chi connectivity index (χ2n) is 5.37. The van der Waals surface area contributed by atoms with E-state index in [0.29, 0.717) is 5.56 Å². The quantitative estimate of drug-likeness (QED) is 0.825. The SMILES string of the molecule is CC(NC1CCCCCC1O)c1ccc(F)cc1F. The molecule has 1 aliphatic carbocycles. The van der Waals surface area contributed by atoms with Gasteiger partial charge in [-0.25, -0.2) is 8.78 Å². The molecule has 0 aromatic heterocycles. The van der Waals surface area contributed by atoms with Crippen LogP contribution in [0.3, 0.4) is 0 Å². The van der Waals surface area contributed by atoms with Gasteiger partial charge < -0.3 is 10.4 Å². The molecule has 0 heterocycles. The van der Waals surface area contributed by atoms with E-state index in [4.69, 9.17) is 0 Å². The standard InChI is InChI=1S/C15H21F2NO/c1-10(12-8-7-11(16)9-13(12)17)18-14-5-3-2-4-6-15(14)19/h7-10,14-15,18-19H,2-6H2,1H3. The Morgan fingerprint density at radius 1 is 1.21 bits per heavy atom. The highest BCUT2D eigenvalue weighted by Gasteiger charge is 2.24. The molecular formula is C15H21F2NO. The summed E-state index contributed by atoms with van der Waals surface area (Å²) >= 11 is 0. The maximum absolute atomic E-state index is 13.7. The highest BCUT2D eigenvalue weighted by molar-refractivity contribution is 5.21. The molecule has 2 N–H and O–H groups in total. The molecule has 0 radical (unpaired) electrons. The lowest BCUT2D eigenvalue weighted by Crippen LogP contribution is -2.40. The molecule has 1 saturated carbocycles. The van der Waals surface area contributed by atoms with Gasteiger partial charge in [0.05, 0.1) is 6.10 Å². The molecular weight excluding hydrogens is 248 g/mol. The molecule has 1 aromatic rings. The van der Waals surface area contributed by atoms with Crippen LogP contribution in [0.15, 0.2) is 18.2 Å². The number of aliphatic hydroxyl groups is 1. The molecule has 0 spiro atoms. The van der Waals surface area contributed by atoms with Crippen molar-refractivity contribution in [1.82, 2.24) is 5.32 Å². The predicted molar refractivity (Wildman–Crippen MR) is 70.8 cm³/mol. The van der Waals surface area contributed by atoms with Crippen LogP contribution in [0.2, 0.25) is 0 Å². The van der Waals surface area contributed by atoms with Crippen LogP contribution in [0.25, 0.3) is 0 Å². The zero-order valence-corrected chi connectivity index (χ0v) is 11.2. The molecule has 0 bridgehead atoms. The summed E-state index contributed by atoms with van der Waals surface area (Å²) in [6, 6.07) is 3.38. The third-order valence-corrected chi connectivity index (χ3v) is 3.87. The molecule has 19 heavy (non-hydrogen) atoms. The van der Waals surface area contributed by atoms with E-state index in [1.54, 1.807) is 0 Å². The summed E-state index contributed by atoms with van der Waals surface area (Å²) in [4.78, 5) is 0. The first kappa shape index (κ1) is 14.4. The number of benzene rings is 1. The van der Waals surface area contributed by atoms with Crippen molar-refractivity contribution in [3.05, 3.63) is 35.4 Å². The molecule has 1 aliphatic rings. The summed E-state index contributed by atoms with van der Waals surface area (Å²) < 4.78 is 26.6. The van der Waals surface area contributed by atoms with E-state index < -0.39 is 11.6 Å². The number of hydrogen-bond acceptors (Lipinski definition) is 2. The van der Waals surface area contributed by atoms with Crippen LogP contribution in [0.5, 0.6) is 0 Å². The Labute approximate surface area is 112 Å². The fourth-order valence-electron chi connectivity index (χ4n) is 2.75. The van der Waals surface area contributed by atoms with Crippen LogP contribution in [-0.2, 0) is 0 Å². The molecule has 0 saturated heterocycles. The van der Waals surface area contributed by atoms with Gasteiger partial charge >= 0.3 is 0 Å². The van der Waals surface area contributed by atoms with Crippen LogP contribution in [-0.4, -0.2) is 17.3 Å². The summed E-state index contributed by atoms with van der Waals surface area (Å²) in [6.45, 7) is 1.84. The van der Waals surface area contributed by atoms with E-state index in [1.807, 2.05) is 6.92 Å². The number of halogens is 2. The van der Waals surface area contributed by atoms with E-state index >= 15 is 0 Å². The molecule has 1 aromatic carbocycles. The van der Waals surface area contributed by atoms with E-state index in [2.05, 4.69) is 5.32 Å². The van der Waals surface area contributed by atoms with Gasteiger partial charge in [0.25, 0.3) is 0 Å². The lowest BCUT2D eigenvalue weighted by atomic mass is 10.0. The Bertz CT molecular complexity index is 425. The monoisotopic (exact) mass is 269 g/mol. The van der Waals surface area contributed by atoms with Crippen molar-refractivity contribution < 1.29 is 13.9 Å². The molecule has 0 aliphatic heterocycles. The van der Waals surface area contributed by atoms with Crippen molar-refractivity contribution in [2.24, 2.45) is 0 Å². The largest absolute Gasteiger partial charge is 0.392 e. The van der Waals surface area contributed by atoms with Crippen LogP contribution >= 0.6 is 0 Å². The molecule has 1 fully saturated rings. The van der Waals surface area contributed by atoms with E-state index in [1.165, 1.54) is 12.1 Å². The van der Waals surface area contributed by atoms with Gasteiger partial charge in [-0.05, 0) is 25.8 Å². The summed E-state index contributed by atoms with van der Waals surface area (Å²) in [5.74, 6) is -1.11. The minimum Gasteiger partial charge on any atom is -0.392 e. The van der Waals surface area contributed by atoms with E-state index in [9.17, 15) is 13.9 Å². The predicted octanol–water partition coefficient (Wildman–Crippen LogP) is 3.31. The number of aliphatic hydroxyl groups excluding tert-OH is 1. The Hall–Kier alpha value is -1.00. The molecule has 0 amide bonds. The van der Waals surface area contributed by atoms with Crippen molar-refractivity contribution >= 4 is 0 Å². The second kappa shape index (κ2) is 6.44. The fraction of sp³-hybridized carbons (Fsp3) is 0.600. The average molecular weight is 269 g/mol. The van der Waals surface area contributed by atoms with Crippen molar-refractivity contribution in [2.75, 3.05) is 0 Å². The zero-order valence-electron chi connectivity index (χ0n) is 11.2. The van der Waals surface area contributed by atoms with E-state index in [-0.39, 0.29) is 18.2 Å². The lowest BCUT2D eigenvalue weighted by Gasteiger charge is -2.26. The van der Waals surface area contributed by atoms with Gasteiger partial charge in [-0.15, -0.1) is 0 Å². The van der Waals surface area contributed by atoms with Gasteiger partial charge in [0.1, 0.15) is 11.6 Å². The smallest absolute Gasteiger partial charge is 0.130 e. The highest BCUT2D eigenvalue weighted by Crippen LogP contribution is 2.23. The molecule has 3 unspecified atom stereocenters. The van der Waals surface area contributed by atoms with Crippen molar-refractivity contribution in [3.63, 3.8) is 0 Å². The maximum Gasteiger partial charge on any atom is 0.130 e. The number of rotatable bonds is 3. The Balaban J connectivity index is 2.04. The van der Waals surface area contributed by atoms with Crippen LogP contribution in [0.1, 0.15) is 50.6 Å². The van der Waals surface area contributed by atoms with Gasteiger partial charge in [0.2, 0.25) is 0 Å². The third kappa shape index (κ3) is 3.74. The first-order valence-corrected chi connectivity index (χ1v) is 6.97. The Morgan fingerprint density at radius 3 is 2.68 bits per heavy atom. The normalized spacial score (nSPS) is 25.9. The summed E-state index contributed by atoms with van der Waals surface area (Å²) in [5.41, 5.74) is 0.442. The molecule has 2 rings (SSSR count). The van der Waals surface area contributed by atoms with Crippen molar-refractivity contribution in [3.8, 4) is 0 Å². The van der Waals surface area contributed by atoms with Crippen LogP contribution < -0.4 is 5.32 Å².